The Kier molecular flexibility index (Phi) is 5.02. The second kappa shape index (κ2) is 7.02. The molecule has 2 fully saturated rings. The Balaban J connectivity index is 1.50. The van der Waals surface area contributed by atoms with Gasteiger partial charge in [-0.3, -0.25) is 9.69 Å². The summed E-state index contributed by atoms with van der Waals surface area (Å²) < 4.78 is 0. The van der Waals surface area contributed by atoms with Gasteiger partial charge in [0.1, 0.15) is 0 Å². The Labute approximate surface area is 139 Å². The summed E-state index contributed by atoms with van der Waals surface area (Å²) in [6.07, 6.45) is 4.93. The Morgan fingerprint density at radius 3 is 2.39 bits per heavy atom. The fourth-order valence-corrected chi connectivity index (χ4v) is 3.89. The highest BCUT2D eigenvalue weighted by Crippen LogP contribution is 2.29. The van der Waals surface area contributed by atoms with Crippen molar-refractivity contribution in [2.45, 2.75) is 63.6 Å². The molecule has 0 aromatic heterocycles. The lowest BCUT2D eigenvalue weighted by Crippen LogP contribution is -2.48. The van der Waals surface area contributed by atoms with E-state index >= 15 is 0 Å². The van der Waals surface area contributed by atoms with Gasteiger partial charge in [-0.2, -0.15) is 0 Å². The van der Waals surface area contributed by atoms with Crippen molar-refractivity contribution in [1.82, 2.24) is 10.2 Å². The predicted octanol–water partition coefficient (Wildman–Crippen LogP) is 2.96. The van der Waals surface area contributed by atoms with E-state index in [1.54, 1.807) is 0 Å². The standard InChI is InChI=1S/C19H29N3O/c1-13(2)14-4-6-15(7-5-14)21-19(23)12-22(3)18-10-16-8-9-17(11-18)20-16/h4-7,13,16-18,20H,8-12H2,1-3H3,(H,21,23). The Hall–Kier alpha value is -1.39. The third kappa shape index (κ3) is 4.12. The third-order valence-corrected chi connectivity index (χ3v) is 5.33. The van der Waals surface area contributed by atoms with Crippen LogP contribution in [-0.2, 0) is 4.79 Å². The second-order valence-corrected chi connectivity index (χ2v) is 7.50. The van der Waals surface area contributed by atoms with Crippen molar-refractivity contribution in [3.63, 3.8) is 0 Å². The average Bonchev–Trinajstić information content (AvgIpc) is 2.85. The topological polar surface area (TPSA) is 44.4 Å². The zero-order chi connectivity index (χ0) is 16.4. The van der Waals surface area contributed by atoms with Crippen LogP contribution < -0.4 is 10.6 Å². The maximum Gasteiger partial charge on any atom is 0.238 e. The van der Waals surface area contributed by atoms with E-state index in [-0.39, 0.29) is 5.91 Å². The number of hydrogen-bond donors (Lipinski definition) is 2. The molecular formula is C19H29N3O. The molecule has 2 unspecified atom stereocenters. The Morgan fingerprint density at radius 1 is 1.22 bits per heavy atom. The molecule has 1 amide bonds. The predicted molar refractivity (Wildman–Crippen MR) is 94.8 cm³/mol. The first-order chi connectivity index (χ1) is 11.0. The Morgan fingerprint density at radius 2 is 1.83 bits per heavy atom. The fraction of sp³-hybridized carbons (Fsp3) is 0.632. The van der Waals surface area contributed by atoms with E-state index in [1.165, 1.54) is 31.2 Å². The molecule has 4 nitrogen and oxygen atoms in total. The van der Waals surface area contributed by atoms with Gasteiger partial charge in [-0.15, -0.1) is 0 Å². The monoisotopic (exact) mass is 315 g/mol. The second-order valence-electron chi connectivity index (χ2n) is 7.50. The molecule has 1 aromatic rings. The number of likely N-dealkylation sites (N-methyl/N-ethyl adjacent to an activating group) is 1. The van der Waals surface area contributed by atoms with E-state index in [2.05, 4.69) is 48.6 Å². The van der Waals surface area contributed by atoms with Crippen LogP contribution in [0.15, 0.2) is 24.3 Å². The molecule has 0 saturated carbocycles. The molecule has 0 radical (unpaired) electrons. The molecule has 23 heavy (non-hydrogen) atoms. The highest BCUT2D eigenvalue weighted by molar-refractivity contribution is 5.92. The molecule has 2 bridgehead atoms. The average molecular weight is 315 g/mol. The summed E-state index contributed by atoms with van der Waals surface area (Å²) in [7, 11) is 2.08. The molecule has 0 spiro atoms. The van der Waals surface area contributed by atoms with Gasteiger partial charge in [-0.1, -0.05) is 26.0 Å². The Bertz CT molecular complexity index is 528. The number of piperidine rings is 1. The molecule has 2 N–H and O–H groups in total. The minimum atomic E-state index is 0.0793. The van der Waals surface area contributed by atoms with Crippen LogP contribution in [0.25, 0.3) is 0 Å². The van der Waals surface area contributed by atoms with Crippen molar-refractivity contribution in [2.24, 2.45) is 0 Å². The molecule has 1 aromatic carbocycles. The van der Waals surface area contributed by atoms with Crippen LogP contribution in [0.3, 0.4) is 0 Å². The number of carbonyl (C=O) groups is 1. The third-order valence-electron chi connectivity index (χ3n) is 5.33. The van der Waals surface area contributed by atoms with Crippen LogP contribution in [0.4, 0.5) is 5.69 Å². The fourth-order valence-electron chi connectivity index (χ4n) is 3.89. The normalized spacial score (nSPS) is 26.7. The van der Waals surface area contributed by atoms with Gasteiger partial charge < -0.3 is 10.6 Å². The van der Waals surface area contributed by atoms with E-state index in [1.807, 2.05) is 12.1 Å². The van der Waals surface area contributed by atoms with Crippen molar-refractivity contribution < 1.29 is 4.79 Å². The van der Waals surface area contributed by atoms with Crippen molar-refractivity contribution in [3.8, 4) is 0 Å². The summed E-state index contributed by atoms with van der Waals surface area (Å²) in [5.74, 6) is 0.594. The van der Waals surface area contributed by atoms with Gasteiger partial charge in [0.2, 0.25) is 5.91 Å². The minimum absolute atomic E-state index is 0.0793. The van der Waals surface area contributed by atoms with Gasteiger partial charge in [-0.25, -0.2) is 0 Å². The molecule has 2 saturated heterocycles. The van der Waals surface area contributed by atoms with Crippen molar-refractivity contribution >= 4 is 11.6 Å². The zero-order valence-corrected chi connectivity index (χ0v) is 14.5. The van der Waals surface area contributed by atoms with Crippen LogP contribution in [0, 0.1) is 0 Å². The van der Waals surface area contributed by atoms with E-state index in [0.29, 0.717) is 30.6 Å². The lowest BCUT2D eigenvalue weighted by atomic mass is 9.98. The van der Waals surface area contributed by atoms with Crippen LogP contribution in [0.1, 0.15) is 51.0 Å². The maximum absolute atomic E-state index is 12.3. The SMILES string of the molecule is CC(C)c1ccc(NC(=O)CN(C)C2CC3CCC(C2)N3)cc1. The number of nitrogens with one attached hydrogen (secondary N) is 2. The molecule has 2 atom stereocenters. The summed E-state index contributed by atoms with van der Waals surface area (Å²) in [5.41, 5.74) is 2.18. The van der Waals surface area contributed by atoms with Crippen LogP contribution in [-0.4, -0.2) is 42.5 Å². The molecule has 2 aliphatic heterocycles. The highest BCUT2D eigenvalue weighted by atomic mass is 16.2. The van der Waals surface area contributed by atoms with Crippen LogP contribution in [0.2, 0.25) is 0 Å². The number of carbonyl (C=O) groups excluding carboxylic acids is 1. The number of amides is 1. The molecule has 4 heteroatoms. The van der Waals surface area contributed by atoms with Gasteiger partial charge in [-0.05, 0) is 56.3 Å². The minimum Gasteiger partial charge on any atom is -0.325 e. The first kappa shape index (κ1) is 16.5. The quantitative estimate of drug-likeness (QED) is 0.878. The highest BCUT2D eigenvalue weighted by Gasteiger charge is 2.35. The largest absolute Gasteiger partial charge is 0.325 e. The van der Waals surface area contributed by atoms with Crippen LogP contribution in [0.5, 0.6) is 0 Å². The summed E-state index contributed by atoms with van der Waals surface area (Å²) in [6, 6.07) is 10.0. The number of hydrogen-bond acceptors (Lipinski definition) is 3. The first-order valence-corrected chi connectivity index (χ1v) is 8.87. The maximum atomic E-state index is 12.3. The molecule has 126 valence electrons. The zero-order valence-electron chi connectivity index (χ0n) is 14.5. The van der Waals surface area contributed by atoms with Crippen molar-refractivity contribution in [2.75, 3.05) is 18.9 Å². The summed E-state index contributed by atoms with van der Waals surface area (Å²) >= 11 is 0. The van der Waals surface area contributed by atoms with E-state index in [9.17, 15) is 4.79 Å². The molecule has 2 heterocycles. The van der Waals surface area contributed by atoms with Gasteiger partial charge in [0.05, 0.1) is 6.54 Å². The van der Waals surface area contributed by atoms with Crippen molar-refractivity contribution in [1.29, 1.82) is 0 Å². The van der Waals surface area contributed by atoms with Crippen molar-refractivity contribution in [3.05, 3.63) is 29.8 Å². The first-order valence-electron chi connectivity index (χ1n) is 8.87. The molecule has 0 aliphatic carbocycles. The number of rotatable bonds is 5. The van der Waals surface area contributed by atoms with E-state index in [0.717, 1.165) is 5.69 Å². The van der Waals surface area contributed by atoms with Gasteiger partial charge in [0, 0.05) is 23.8 Å². The van der Waals surface area contributed by atoms with E-state index in [4.69, 9.17) is 0 Å². The van der Waals surface area contributed by atoms with Gasteiger partial charge in [0.25, 0.3) is 0 Å². The number of anilines is 1. The number of benzene rings is 1. The summed E-state index contributed by atoms with van der Waals surface area (Å²) in [5, 5.41) is 6.68. The van der Waals surface area contributed by atoms with Gasteiger partial charge in [0.15, 0.2) is 0 Å². The lowest BCUT2D eigenvalue weighted by Gasteiger charge is -2.35. The molecule has 2 aliphatic rings. The molecule has 3 rings (SSSR count). The van der Waals surface area contributed by atoms with Crippen LogP contribution >= 0.6 is 0 Å². The number of fused-ring (bicyclic) bond motifs is 2. The smallest absolute Gasteiger partial charge is 0.238 e. The summed E-state index contributed by atoms with van der Waals surface area (Å²) in [4.78, 5) is 14.5. The van der Waals surface area contributed by atoms with Gasteiger partial charge >= 0.3 is 0 Å². The lowest BCUT2D eigenvalue weighted by molar-refractivity contribution is -0.117. The number of nitrogens with zero attached hydrogens (tertiary/aromatic N) is 1. The van der Waals surface area contributed by atoms with E-state index < -0.39 is 0 Å². The molecular weight excluding hydrogens is 286 g/mol. The summed E-state index contributed by atoms with van der Waals surface area (Å²) in [6.45, 7) is 4.82.